The maximum absolute atomic E-state index is 13.9. The lowest BCUT2D eigenvalue weighted by Gasteiger charge is -2.35. The summed E-state index contributed by atoms with van der Waals surface area (Å²) in [5.41, 5.74) is 2.69. The second-order valence-electron chi connectivity index (χ2n) is 10.3. The number of rotatable bonds is 6. The van der Waals surface area contributed by atoms with Gasteiger partial charge in [0.15, 0.2) is 0 Å². The molecule has 2 aliphatic heterocycles. The largest absolute Gasteiger partial charge is 0.465 e. The lowest BCUT2D eigenvalue weighted by atomic mass is 9.74. The van der Waals surface area contributed by atoms with Crippen LogP contribution in [-0.4, -0.2) is 60.0 Å². The minimum atomic E-state index is -1.12. The molecule has 3 N–H and O–H groups in total. The fraction of sp³-hybridized carbons (Fsp3) is 0.267. The summed E-state index contributed by atoms with van der Waals surface area (Å²) >= 11 is 6.30. The zero-order valence-electron chi connectivity index (χ0n) is 21.9. The maximum Gasteiger partial charge on any atom is 0.411 e. The zero-order chi connectivity index (χ0) is 28.4. The van der Waals surface area contributed by atoms with Crippen molar-refractivity contribution in [3.8, 4) is 0 Å². The monoisotopic (exact) mass is 560 g/mol. The number of benzene rings is 3. The Bertz CT molecular complexity index is 1460. The number of fused-ring (bicyclic) bond motifs is 2. The van der Waals surface area contributed by atoms with Crippen molar-refractivity contribution in [1.29, 1.82) is 0 Å². The highest BCUT2D eigenvalue weighted by molar-refractivity contribution is 6.30. The Morgan fingerprint density at radius 3 is 2.52 bits per heavy atom. The Kier molecular flexibility index (Phi) is 7.49. The zero-order valence-corrected chi connectivity index (χ0v) is 22.6. The molecule has 1 spiro atoms. The van der Waals surface area contributed by atoms with Crippen LogP contribution in [-0.2, 0) is 21.4 Å². The maximum atomic E-state index is 13.9. The summed E-state index contributed by atoms with van der Waals surface area (Å²) < 4.78 is 0. The molecule has 2 aliphatic rings. The standard InChI is InChI=1S/C30H29ClN4O5/c1-34(29(39)40)22-10-7-20(8-11-22)27(37)33-25(15-19-5-3-2-4-6-19)28(38)35-14-13-30(18-35)17-26(36)32-24-12-9-21(31)16-23(24)30/h2-12,16,25H,13-15,17-18H2,1H3,(H,32,36)(H,33,37)(H,39,40)/t25-,30?/m0/s1. The third-order valence-corrected chi connectivity index (χ3v) is 7.92. The number of likely N-dealkylation sites (tertiary alicyclic amines) is 1. The van der Waals surface area contributed by atoms with Crippen LogP contribution >= 0.6 is 11.6 Å². The molecule has 5 rings (SSSR count). The average Bonchev–Trinajstić information content (AvgIpc) is 3.37. The van der Waals surface area contributed by atoms with Gasteiger partial charge in [0.05, 0.1) is 0 Å². The molecule has 1 saturated heterocycles. The molecule has 40 heavy (non-hydrogen) atoms. The molecule has 10 heteroatoms. The van der Waals surface area contributed by atoms with Crippen LogP contribution < -0.4 is 15.5 Å². The van der Waals surface area contributed by atoms with Crippen LogP contribution in [0.15, 0.2) is 72.8 Å². The van der Waals surface area contributed by atoms with Gasteiger partial charge in [0.25, 0.3) is 5.91 Å². The number of nitrogens with zero attached hydrogens (tertiary/aromatic N) is 2. The molecular formula is C30H29ClN4O5. The van der Waals surface area contributed by atoms with Crippen molar-refractivity contribution in [2.45, 2.75) is 30.7 Å². The summed E-state index contributed by atoms with van der Waals surface area (Å²) in [5, 5.41) is 15.6. The van der Waals surface area contributed by atoms with E-state index in [1.54, 1.807) is 17.0 Å². The van der Waals surface area contributed by atoms with Crippen molar-refractivity contribution in [3.63, 3.8) is 0 Å². The van der Waals surface area contributed by atoms with Gasteiger partial charge in [0.2, 0.25) is 11.8 Å². The molecule has 0 bridgehead atoms. The molecule has 2 heterocycles. The van der Waals surface area contributed by atoms with Crippen LogP contribution in [0.2, 0.25) is 5.02 Å². The van der Waals surface area contributed by atoms with Gasteiger partial charge in [-0.05, 0) is 60.0 Å². The number of carboxylic acid groups (broad SMARTS) is 1. The van der Waals surface area contributed by atoms with Gasteiger partial charge < -0.3 is 20.6 Å². The Morgan fingerprint density at radius 1 is 1.10 bits per heavy atom. The molecule has 4 amide bonds. The first-order chi connectivity index (χ1) is 19.1. The molecule has 9 nitrogen and oxygen atoms in total. The molecule has 3 aromatic rings. The first-order valence-electron chi connectivity index (χ1n) is 13.0. The summed E-state index contributed by atoms with van der Waals surface area (Å²) in [6, 6.07) is 20.1. The number of hydrogen-bond donors (Lipinski definition) is 3. The van der Waals surface area contributed by atoms with Gasteiger partial charge in [0.1, 0.15) is 6.04 Å². The van der Waals surface area contributed by atoms with E-state index in [2.05, 4.69) is 10.6 Å². The van der Waals surface area contributed by atoms with E-state index < -0.39 is 23.5 Å². The van der Waals surface area contributed by atoms with Crippen molar-refractivity contribution in [2.75, 3.05) is 30.4 Å². The predicted molar refractivity (Wildman–Crippen MR) is 152 cm³/mol. The second-order valence-corrected chi connectivity index (χ2v) is 10.7. The second kappa shape index (κ2) is 11.0. The van der Waals surface area contributed by atoms with Crippen molar-refractivity contribution in [3.05, 3.63) is 94.5 Å². The molecular weight excluding hydrogens is 532 g/mol. The van der Waals surface area contributed by atoms with E-state index in [9.17, 15) is 24.3 Å². The Balaban J connectivity index is 1.38. The van der Waals surface area contributed by atoms with Crippen LogP contribution in [0.5, 0.6) is 0 Å². The van der Waals surface area contributed by atoms with Gasteiger partial charge in [-0.25, -0.2) is 4.79 Å². The third-order valence-electron chi connectivity index (χ3n) is 7.68. The topological polar surface area (TPSA) is 119 Å². The van der Waals surface area contributed by atoms with Gasteiger partial charge in [-0.2, -0.15) is 0 Å². The van der Waals surface area contributed by atoms with E-state index in [1.807, 2.05) is 36.4 Å². The molecule has 0 saturated carbocycles. The first-order valence-corrected chi connectivity index (χ1v) is 13.3. The number of hydrogen-bond acceptors (Lipinski definition) is 4. The van der Waals surface area contributed by atoms with E-state index in [0.29, 0.717) is 41.5 Å². The molecule has 206 valence electrons. The predicted octanol–water partition coefficient (Wildman–Crippen LogP) is 4.31. The van der Waals surface area contributed by atoms with Gasteiger partial charge >= 0.3 is 6.09 Å². The third kappa shape index (κ3) is 5.51. The molecule has 1 fully saturated rings. The molecule has 0 radical (unpaired) electrons. The molecule has 1 unspecified atom stereocenters. The molecule has 0 aromatic heterocycles. The van der Waals surface area contributed by atoms with Crippen LogP contribution in [0.3, 0.4) is 0 Å². The van der Waals surface area contributed by atoms with Crippen LogP contribution in [0.25, 0.3) is 0 Å². The Morgan fingerprint density at radius 2 is 1.82 bits per heavy atom. The number of carbonyl (C=O) groups is 4. The highest BCUT2D eigenvalue weighted by atomic mass is 35.5. The average molecular weight is 561 g/mol. The lowest BCUT2D eigenvalue weighted by molar-refractivity contribution is -0.132. The fourth-order valence-corrected chi connectivity index (χ4v) is 5.72. The summed E-state index contributed by atoms with van der Waals surface area (Å²) in [4.78, 5) is 53.8. The summed E-state index contributed by atoms with van der Waals surface area (Å²) in [7, 11) is 1.41. The van der Waals surface area contributed by atoms with Crippen LogP contribution in [0.1, 0.15) is 34.3 Å². The number of halogens is 1. The van der Waals surface area contributed by atoms with Gasteiger partial charge in [-0.15, -0.1) is 0 Å². The van der Waals surface area contributed by atoms with E-state index in [4.69, 9.17) is 11.6 Å². The summed E-state index contributed by atoms with van der Waals surface area (Å²) in [6.07, 6.45) is 0.0213. The van der Waals surface area contributed by atoms with Crippen LogP contribution in [0, 0.1) is 0 Å². The van der Waals surface area contributed by atoms with E-state index >= 15 is 0 Å². The summed E-state index contributed by atoms with van der Waals surface area (Å²) in [5.74, 6) is -0.775. The number of carbonyl (C=O) groups excluding carboxylic acids is 3. The Hall–Kier alpha value is -4.37. The van der Waals surface area contributed by atoms with Crippen molar-refractivity contribution in [1.82, 2.24) is 10.2 Å². The van der Waals surface area contributed by atoms with Gasteiger partial charge in [0, 0.05) is 60.4 Å². The summed E-state index contributed by atoms with van der Waals surface area (Å²) in [6.45, 7) is 0.777. The van der Waals surface area contributed by atoms with E-state index in [-0.39, 0.29) is 24.7 Å². The molecule has 0 aliphatic carbocycles. The van der Waals surface area contributed by atoms with Gasteiger partial charge in [-0.3, -0.25) is 19.3 Å². The van der Waals surface area contributed by atoms with E-state index in [1.165, 1.54) is 31.3 Å². The molecule has 2 atom stereocenters. The minimum absolute atomic E-state index is 0.102. The van der Waals surface area contributed by atoms with Crippen molar-refractivity contribution < 1.29 is 24.3 Å². The lowest BCUT2D eigenvalue weighted by Crippen LogP contribution is -2.50. The minimum Gasteiger partial charge on any atom is -0.465 e. The smallest absolute Gasteiger partial charge is 0.411 e. The fourth-order valence-electron chi connectivity index (χ4n) is 5.54. The quantitative estimate of drug-likeness (QED) is 0.415. The first kappa shape index (κ1) is 27.2. The highest BCUT2D eigenvalue weighted by Gasteiger charge is 2.47. The number of anilines is 2. The normalized spacial score (nSPS) is 18.6. The van der Waals surface area contributed by atoms with Crippen molar-refractivity contribution in [2.24, 2.45) is 0 Å². The van der Waals surface area contributed by atoms with E-state index in [0.717, 1.165) is 16.0 Å². The SMILES string of the molecule is CN(C(=O)O)c1ccc(C(=O)N[C@@H](Cc2ccccc2)C(=O)N2CCC3(CC(=O)Nc4ccc(Cl)cc43)C2)cc1. The van der Waals surface area contributed by atoms with Gasteiger partial charge in [-0.1, -0.05) is 41.9 Å². The highest BCUT2D eigenvalue weighted by Crippen LogP contribution is 2.45. The van der Waals surface area contributed by atoms with Crippen LogP contribution in [0.4, 0.5) is 16.2 Å². The Labute approximate surface area is 236 Å². The molecule has 3 aromatic carbocycles. The number of amides is 4. The number of nitrogens with one attached hydrogen (secondary N) is 2. The van der Waals surface area contributed by atoms with Crippen molar-refractivity contribution >= 4 is 46.8 Å².